The number of rotatable bonds is 3. The molecule has 0 atom stereocenters. The van der Waals surface area contributed by atoms with Crippen LogP contribution < -0.4 is 5.43 Å². The van der Waals surface area contributed by atoms with Crippen LogP contribution in [0.5, 0.6) is 0 Å². The highest BCUT2D eigenvalue weighted by molar-refractivity contribution is 6.00. The highest BCUT2D eigenvalue weighted by Gasteiger charge is 2.41. The van der Waals surface area contributed by atoms with Gasteiger partial charge in [0, 0.05) is 16.8 Å². The lowest BCUT2D eigenvalue weighted by Gasteiger charge is -2.28. The number of nitro groups is 1. The van der Waals surface area contributed by atoms with Crippen molar-refractivity contribution in [3.05, 3.63) is 48.8 Å². The molecule has 2 aromatic rings. The molecule has 1 aromatic carbocycles. The molecule has 1 aliphatic heterocycles. The predicted molar refractivity (Wildman–Crippen MR) is 107 cm³/mol. The van der Waals surface area contributed by atoms with Gasteiger partial charge in [-0.15, -0.1) is 0 Å². The standard InChI is InChI=1S/C21H24F2N2O5/c1-7-10-14(22)15(23)17(25(28)29)13-16(10)24-11(8-9-21(24,5)6)12(18(13)26)19(27)30-20(2,3)4/h7-9H2,1-6H3. The van der Waals surface area contributed by atoms with Crippen molar-refractivity contribution in [2.24, 2.45) is 0 Å². The zero-order valence-corrected chi connectivity index (χ0v) is 17.8. The molecule has 0 unspecified atom stereocenters. The Balaban J connectivity index is 2.64. The molecule has 7 nitrogen and oxygen atoms in total. The Kier molecular flexibility index (Phi) is 4.99. The normalized spacial score (nSPS) is 15.3. The second-order valence-corrected chi connectivity index (χ2v) is 9.09. The van der Waals surface area contributed by atoms with E-state index in [0.717, 1.165) is 0 Å². The Morgan fingerprint density at radius 3 is 2.37 bits per heavy atom. The fraction of sp³-hybridized carbons (Fsp3) is 0.524. The monoisotopic (exact) mass is 422 g/mol. The van der Waals surface area contributed by atoms with Crippen molar-refractivity contribution in [3.8, 4) is 0 Å². The van der Waals surface area contributed by atoms with Crippen LogP contribution in [-0.2, 0) is 23.1 Å². The fourth-order valence-corrected chi connectivity index (χ4v) is 4.15. The summed E-state index contributed by atoms with van der Waals surface area (Å²) in [4.78, 5) is 36.8. The topological polar surface area (TPSA) is 91.4 Å². The Morgan fingerprint density at radius 2 is 1.87 bits per heavy atom. The lowest BCUT2D eigenvalue weighted by molar-refractivity contribution is -0.386. The summed E-state index contributed by atoms with van der Waals surface area (Å²) >= 11 is 0. The van der Waals surface area contributed by atoms with Gasteiger partial charge < -0.3 is 9.30 Å². The molecule has 0 spiro atoms. The summed E-state index contributed by atoms with van der Waals surface area (Å²) in [6.45, 7) is 10.1. The van der Waals surface area contributed by atoms with Crippen LogP contribution in [-0.4, -0.2) is 21.1 Å². The molecule has 0 amide bonds. The number of hydrogen-bond acceptors (Lipinski definition) is 5. The van der Waals surface area contributed by atoms with Crippen LogP contribution >= 0.6 is 0 Å². The van der Waals surface area contributed by atoms with Crippen molar-refractivity contribution in [2.75, 3.05) is 0 Å². The number of aryl methyl sites for hydroxylation is 1. The number of nitro benzene ring substituents is 1. The molecule has 30 heavy (non-hydrogen) atoms. The maximum Gasteiger partial charge on any atom is 0.344 e. The summed E-state index contributed by atoms with van der Waals surface area (Å²) in [6.07, 6.45) is 0.845. The number of halogens is 2. The van der Waals surface area contributed by atoms with E-state index in [1.807, 2.05) is 13.8 Å². The van der Waals surface area contributed by atoms with E-state index < -0.39 is 50.2 Å². The van der Waals surface area contributed by atoms with Gasteiger partial charge in [-0.1, -0.05) is 6.92 Å². The molecule has 0 N–H and O–H groups in total. The quantitative estimate of drug-likeness (QED) is 0.416. The van der Waals surface area contributed by atoms with Gasteiger partial charge in [0.25, 0.3) is 0 Å². The average Bonchev–Trinajstić information content (AvgIpc) is 2.90. The van der Waals surface area contributed by atoms with Crippen molar-refractivity contribution >= 4 is 22.6 Å². The Hall–Kier alpha value is -2.84. The van der Waals surface area contributed by atoms with E-state index in [2.05, 4.69) is 0 Å². The molecular weight excluding hydrogens is 398 g/mol. The van der Waals surface area contributed by atoms with E-state index in [-0.39, 0.29) is 23.1 Å². The molecule has 0 fully saturated rings. The summed E-state index contributed by atoms with van der Waals surface area (Å²) in [5, 5.41) is 11.0. The van der Waals surface area contributed by atoms with E-state index in [1.54, 1.807) is 32.3 Å². The van der Waals surface area contributed by atoms with Gasteiger partial charge >= 0.3 is 11.7 Å². The van der Waals surface area contributed by atoms with Gasteiger partial charge in [-0.3, -0.25) is 14.9 Å². The third-order valence-corrected chi connectivity index (χ3v) is 5.38. The molecular formula is C21H24F2N2O5. The fourth-order valence-electron chi connectivity index (χ4n) is 4.15. The van der Waals surface area contributed by atoms with E-state index in [0.29, 0.717) is 18.5 Å². The highest BCUT2D eigenvalue weighted by atomic mass is 19.2. The Morgan fingerprint density at radius 1 is 1.27 bits per heavy atom. The summed E-state index contributed by atoms with van der Waals surface area (Å²) in [5.74, 6) is -3.99. The number of fused-ring (bicyclic) bond motifs is 3. The second-order valence-electron chi connectivity index (χ2n) is 9.09. The summed E-state index contributed by atoms with van der Waals surface area (Å²) in [5.41, 5.74) is -4.06. The molecule has 1 aliphatic rings. The van der Waals surface area contributed by atoms with E-state index >= 15 is 0 Å². The number of benzene rings is 1. The molecule has 9 heteroatoms. The molecule has 0 aliphatic carbocycles. The average molecular weight is 422 g/mol. The minimum atomic E-state index is -1.70. The number of hydrogen-bond donors (Lipinski definition) is 0. The van der Waals surface area contributed by atoms with E-state index in [1.165, 1.54) is 0 Å². The molecule has 0 bridgehead atoms. The van der Waals surface area contributed by atoms with Gasteiger partial charge in [-0.25, -0.2) is 9.18 Å². The van der Waals surface area contributed by atoms with Crippen molar-refractivity contribution in [1.29, 1.82) is 0 Å². The van der Waals surface area contributed by atoms with Crippen LogP contribution in [0, 0.1) is 21.7 Å². The first-order valence-electron chi connectivity index (χ1n) is 9.72. The van der Waals surface area contributed by atoms with Gasteiger partial charge in [0.1, 0.15) is 16.6 Å². The zero-order chi connectivity index (χ0) is 22.8. The number of nitrogens with zero attached hydrogens (tertiary/aromatic N) is 2. The molecule has 3 rings (SSSR count). The third kappa shape index (κ3) is 3.16. The van der Waals surface area contributed by atoms with Crippen LogP contribution in [0.4, 0.5) is 14.5 Å². The first-order valence-corrected chi connectivity index (χ1v) is 9.72. The minimum absolute atomic E-state index is 0.0119. The molecule has 0 saturated heterocycles. The predicted octanol–water partition coefficient (Wildman–Crippen LogP) is 4.39. The Bertz CT molecular complexity index is 1160. The molecule has 2 heterocycles. The van der Waals surface area contributed by atoms with Crippen LogP contribution in [0.15, 0.2) is 4.79 Å². The number of esters is 1. The number of carbonyl (C=O) groups is 1. The first kappa shape index (κ1) is 21.9. The smallest absolute Gasteiger partial charge is 0.344 e. The lowest BCUT2D eigenvalue weighted by atomic mass is 9.98. The van der Waals surface area contributed by atoms with Crippen LogP contribution in [0.1, 0.15) is 69.6 Å². The summed E-state index contributed by atoms with van der Waals surface area (Å²) in [6, 6.07) is 0. The third-order valence-electron chi connectivity index (χ3n) is 5.38. The van der Waals surface area contributed by atoms with Crippen molar-refractivity contribution in [3.63, 3.8) is 0 Å². The van der Waals surface area contributed by atoms with Crippen LogP contribution in [0.25, 0.3) is 10.9 Å². The maximum absolute atomic E-state index is 14.8. The first-order chi connectivity index (χ1) is 13.7. The van der Waals surface area contributed by atoms with E-state index in [4.69, 9.17) is 4.74 Å². The minimum Gasteiger partial charge on any atom is -0.456 e. The number of pyridine rings is 1. The van der Waals surface area contributed by atoms with Crippen LogP contribution in [0.3, 0.4) is 0 Å². The van der Waals surface area contributed by atoms with Crippen molar-refractivity contribution in [1.82, 2.24) is 4.57 Å². The summed E-state index contributed by atoms with van der Waals surface area (Å²) < 4.78 is 36.4. The zero-order valence-electron chi connectivity index (χ0n) is 17.8. The van der Waals surface area contributed by atoms with Gasteiger partial charge in [-0.05, 0) is 53.9 Å². The van der Waals surface area contributed by atoms with Gasteiger partial charge in [0.2, 0.25) is 11.2 Å². The van der Waals surface area contributed by atoms with Gasteiger partial charge in [0.15, 0.2) is 5.82 Å². The Labute approximate surface area is 171 Å². The van der Waals surface area contributed by atoms with Gasteiger partial charge in [0.05, 0.1) is 10.4 Å². The number of aromatic nitrogens is 1. The van der Waals surface area contributed by atoms with Crippen molar-refractivity contribution < 1.29 is 23.2 Å². The van der Waals surface area contributed by atoms with Gasteiger partial charge in [-0.2, -0.15) is 4.39 Å². The summed E-state index contributed by atoms with van der Waals surface area (Å²) in [7, 11) is 0. The number of carbonyl (C=O) groups excluding carboxylic acids is 1. The largest absolute Gasteiger partial charge is 0.456 e. The molecule has 162 valence electrons. The number of ether oxygens (including phenoxy) is 1. The second kappa shape index (κ2) is 6.85. The molecule has 0 saturated carbocycles. The van der Waals surface area contributed by atoms with E-state index in [9.17, 15) is 28.5 Å². The highest BCUT2D eigenvalue weighted by Crippen LogP contribution is 2.41. The van der Waals surface area contributed by atoms with Crippen LogP contribution in [0.2, 0.25) is 0 Å². The lowest BCUT2D eigenvalue weighted by Crippen LogP contribution is -2.33. The maximum atomic E-state index is 14.8. The SMILES string of the molecule is CCc1c(F)c(F)c([N+](=O)[O-])c2c(=O)c(C(=O)OC(C)(C)C)c3n(c12)C(C)(C)CC3. The molecule has 0 radical (unpaired) electrons. The van der Waals surface area contributed by atoms with Crippen molar-refractivity contribution in [2.45, 2.75) is 71.9 Å². The molecule has 1 aromatic heterocycles.